The third-order valence-corrected chi connectivity index (χ3v) is 18.5. The molecule has 5 aromatic carbocycles. The Balaban J connectivity index is 0.668. The molecule has 460 valence electrons. The van der Waals surface area contributed by atoms with Crippen LogP contribution in [0.2, 0.25) is 5.02 Å². The van der Waals surface area contributed by atoms with Gasteiger partial charge in [0.05, 0.1) is 34.8 Å². The fourth-order valence-corrected chi connectivity index (χ4v) is 13.1. The molecule has 7 aromatic rings. The molecule has 22 nitrogen and oxygen atoms in total. The number of H-pyrrole nitrogens is 1. The lowest BCUT2D eigenvalue weighted by atomic mass is 9.97. The molecular formula is C65H65ClN10O12S. The molecule has 0 bridgehead atoms. The number of sulfonamides is 1. The van der Waals surface area contributed by atoms with Crippen molar-refractivity contribution in [3.05, 3.63) is 165 Å². The zero-order valence-corrected chi connectivity index (χ0v) is 50.2. The summed E-state index contributed by atoms with van der Waals surface area (Å²) in [6, 6.07) is 30.7. The average molecular weight is 1250 g/mol. The quantitative estimate of drug-likeness (QED) is 0.0175. The number of imide groups is 1. The van der Waals surface area contributed by atoms with Gasteiger partial charge in [-0.2, -0.15) is 0 Å². The number of piperidine rings is 1. The van der Waals surface area contributed by atoms with Gasteiger partial charge in [0.25, 0.3) is 27.5 Å². The van der Waals surface area contributed by atoms with Gasteiger partial charge >= 0.3 is 0 Å². The van der Waals surface area contributed by atoms with Crippen LogP contribution >= 0.6 is 11.6 Å². The molecule has 0 spiro atoms. The maximum Gasteiger partial charge on any atom is 0.293 e. The number of aromatic nitrogens is 2. The molecule has 4 N–H and O–H groups in total. The molecule has 4 saturated heterocycles. The van der Waals surface area contributed by atoms with Crippen molar-refractivity contribution in [1.29, 1.82) is 0 Å². The number of aromatic amines is 1. The van der Waals surface area contributed by atoms with Crippen LogP contribution < -0.4 is 29.7 Å². The van der Waals surface area contributed by atoms with Crippen molar-refractivity contribution in [3.63, 3.8) is 0 Å². The number of benzene rings is 5. The van der Waals surface area contributed by atoms with Crippen LogP contribution in [-0.2, 0) is 42.2 Å². The number of nitro benzene ring substituents is 1. The highest BCUT2D eigenvalue weighted by atomic mass is 35.5. The number of pyridine rings is 1. The molecule has 2 aromatic heterocycles. The highest BCUT2D eigenvalue weighted by Crippen LogP contribution is 2.37. The maximum atomic E-state index is 14.1. The van der Waals surface area contributed by atoms with Gasteiger partial charge < -0.3 is 43.9 Å². The molecule has 1 atom stereocenters. The van der Waals surface area contributed by atoms with Crippen molar-refractivity contribution >= 4 is 73.3 Å². The number of nitrogens with one attached hydrogen (secondary N) is 4. The predicted octanol–water partition coefficient (Wildman–Crippen LogP) is 8.00. The molecule has 5 aliphatic rings. The number of anilines is 2. The Morgan fingerprint density at radius 3 is 2.47 bits per heavy atom. The van der Waals surface area contributed by atoms with E-state index in [1.165, 1.54) is 29.3 Å². The van der Waals surface area contributed by atoms with Crippen molar-refractivity contribution < 1.29 is 51.5 Å². The van der Waals surface area contributed by atoms with Gasteiger partial charge in [0.2, 0.25) is 11.8 Å². The zero-order chi connectivity index (χ0) is 61.6. The fourth-order valence-electron chi connectivity index (χ4n) is 12.0. The van der Waals surface area contributed by atoms with E-state index in [-0.39, 0.29) is 54.3 Å². The lowest BCUT2D eigenvalue weighted by molar-refractivity contribution is -0.384. The normalized spacial score (nSPS) is 17.6. The van der Waals surface area contributed by atoms with Crippen LogP contribution in [0.15, 0.2) is 126 Å². The maximum absolute atomic E-state index is 14.1. The van der Waals surface area contributed by atoms with Crippen LogP contribution in [0.5, 0.6) is 17.2 Å². The second kappa shape index (κ2) is 26.8. The van der Waals surface area contributed by atoms with Gasteiger partial charge in [0, 0.05) is 142 Å². The Hall–Kier alpha value is -8.89. The molecular weight excluding hydrogens is 1180 g/mol. The summed E-state index contributed by atoms with van der Waals surface area (Å²) in [7, 11) is -4.62. The van der Waals surface area contributed by atoms with Gasteiger partial charge in [-0.15, -0.1) is 0 Å². The van der Waals surface area contributed by atoms with Gasteiger partial charge in [0.1, 0.15) is 41.2 Å². The minimum atomic E-state index is -4.62. The highest BCUT2D eigenvalue weighted by Gasteiger charge is 2.40. The number of nitro groups is 1. The number of likely N-dealkylation sites (tertiary alicyclic amines) is 1. The van der Waals surface area contributed by atoms with Crippen LogP contribution in [0.4, 0.5) is 17.1 Å². The Morgan fingerprint density at radius 2 is 1.67 bits per heavy atom. The van der Waals surface area contributed by atoms with Gasteiger partial charge in [-0.3, -0.25) is 39.5 Å². The summed E-state index contributed by atoms with van der Waals surface area (Å²) >= 11 is 6.36. The van der Waals surface area contributed by atoms with Gasteiger partial charge in [-0.05, 0) is 109 Å². The van der Waals surface area contributed by atoms with Crippen molar-refractivity contribution in [2.24, 2.45) is 11.8 Å². The third-order valence-electron chi connectivity index (χ3n) is 16.9. The number of nitrogens with zero attached hydrogens (tertiary/aromatic N) is 6. The lowest BCUT2D eigenvalue weighted by Crippen LogP contribution is -2.52. The number of hydrogen-bond acceptors (Lipinski definition) is 17. The molecule has 12 rings (SSSR count). The molecule has 0 saturated carbocycles. The van der Waals surface area contributed by atoms with E-state index in [9.17, 15) is 37.7 Å². The second-order valence-electron chi connectivity index (χ2n) is 22.8. The van der Waals surface area contributed by atoms with Crippen LogP contribution in [0.1, 0.15) is 63.1 Å². The number of hydrogen-bond donors (Lipinski definition) is 4. The Bertz CT molecular complexity index is 4020. The molecule has 5 aliphatic heterocycles. The zero-order valence-electron chi connectivity index (χ0n) is 48.6. The topological polar surface area (TPSA) is 260 Å². The van der Waals surface area contributed by atoms with Crippen LogP contribution in [0.25, 0.3) is 22.2 Å². The number of carbonyl (C=O) groups is 4. The Labute approximate surface area is 519 Å². The fraction of sp³-hybridized carbons (Fsp3) is 0.338. The van der Waals surface area contributed by atoms with E-state index in [2.05, 4.69) is 57.9 Å². The smallest absolute Gasteiger partial charge is 0.293 e. The van der Waals surface area contributed by atoms with E-state index in [1.807, 2.05) is 48.5 Å². The highest BCUT2D eigenvalue weighted by molar-refractivity contribution is 7.90. The number of ether oxygens (including phenoxy) is 4. The number of rotatable bonds is 21. The van der Waals surface area contributed by atoms with Crippen molar-refractivity contribution in [2.75, 3.05) is 95.6 Å². The van der Waals surface area contributed by atoms with Gasteiger partial charge in [-0.1, -0.05) is 53.8 Å². The summed E-state index contributed by atoms with van der Waals surface area (Å²) in [6.07, 6.45) is 5.33. The molecule has 4 fully saturated rings. The van der Waals surface area contributed by atoms with E-state index in [0.717, 1.165) is 77.6 Å². The third kappa shape index (κ3) is 14.0. The van der Waals surface area contributed by atoms with E-state index in [4.69, 9.17) is 30.5 Å². The van der Waals surface area contributed by atoms with Crippen LogP contribution in [0, 0.1) is 33.8 Å². The van der Waals surface area contributed by atoms with E-state index in [1.54, 1.807) is 36.5 Å². The Morgan fingerprint density at radius 1 is 0.876 bits per heavy atom. The Kier molecular flexibility index (Phi) is 18.2. The minimum absolute atomic E-state index is 0.0765. The molecule has 0 radical (unpaired) electrons. The first-order valence-corrected chi connectivity index (χ1v) is 31.5. The van der Waals surface area contributed by atoms with E-state index < -0.39 is 43.4 Å². The number of amides is 4. The SMILES string of the molecule is O=C1CCC(N2Cc3c(C#CCOCCN4CC(COc5cccc(-c6ccc(Cl)cc6)c5CN5CCN(c6ccc(C(=O)NS(=O)(=O)c7ccc(NCC8CCOCC8)c([N+](=O)[O-])c7)c(Oc7cnc8[nH]ccc8c7)c6)CC5)C4)cccc3C2=O)C(=O)N1. The number of piperazine rings is 1. The van der Waals surface area contributed by atoms with Crippen molar-refractivity contribution in [3.8, 4) is 40.2 Å². The van der Waals surface area contributed by atoms with E-state index >= 15 is 0 Å². The van der Waals surface area contributed by atoms with E-state index in [0.29, 0.717) is 106 Å². The standard InChI is InChI=1S/C65H65ClN10O12S/c66-47-11-9-45(10-12-47)51-6-2-8-59(87-41-43-37-73(38-43)27-31-85-28-3-5-44-4-1-7-52-54(44)40-75(65(52)80)57-17-18-61(77)70-64(57)79)55(51)39-72-23-25-74(26-24-72)48-13-15-53(60(33-48)88-49-32-46-19-22-67-62(46)69-36-49)63(78)71-89(83,84)50-14-16-56(58(34-50)76(81)82)68-35-42-20-29-86-30-21-42/h1-2,4,6-16,19,22,32-34,36,42-43,57,68H,17-18,20-21,23-31,35,37-41H2,(H,67,69)(H,71,78)(H,70,77,79). The summed E-state index contributed by atoms with van der Waals surface area (Å²) in [5, 5.41) is 19.1. The summed E-state index contributed by atoms with van der Waals surface area (Å²) in [4.78, 5) is 78.6. The molecule has 24 heteroatoms. The van der Waals surface area contributed by atoms with Crippen LogP contribution in [0.3, 0.4) is 0 Å². The molecule has 7 heterocycles. The largest absolute Gasteiger partial charge is 0.493 e. The minimum Gasteiger partial charge on any atom is -0.493 e. The van der Waals surface area contributed by atoms with Gasteiger partial charge in [-0.25, -0.2) is 18.1 Å². The predicted molar refractivity (Wildman–Crippen MR) is 332 cm³/mol. The first kappa shape index (κ1) is 60.4. The molecule has 0 aliphatic carbocycles. The first-order valence-electron chi connectivity index (χ1n) is 29.7. The lowest BCUT2D eigenvalue weighted by Gasteiger charge is -2.39. The average Bonchev–Trinajstić information content (AvgIpc) is 2.13. The van der Waals surface area contributed by atoms with Crippen LogP contribution in [-0.4, -0.2) is 153 Å². The number of fused-ring (bicyclic) bond motifs is 2. The number of carbonyl (C=O) groups excluding carboxylic acids is 4. The molecule has 89 heavy (non-hydrogen) atoms. The molecule has 4 amide bonds. The number of halogens is 1. The monoisotopic (exact) mass is 1240 g/mol. The summed E-state index contributed by atoms with van der Waals surface area (Å²) in [5.74, 6) is 5.98. The second-order valence-corrected chi connectivity index (χ2v) is 24.9. The molecule has 1 unspecified atom stereocenters. The summed E-state index contributed by atoms with van der Waals surface area (Å²) in [6.45, 7) is 8.74. The van der Waals surface area contributed by atoms with Crippen molar-refractivity contribution in [2.45, 2.75) is 49.7 Å². The summed E-state index contributed by atoms with van der Waals surface area (Å²) < 4.78 is 54.2. The summed E-state index contributed by atoms with van der Waals surface area (Å²) in [5.41, 5.74) is 6.12. The van der Waals surface area contributed by atoms with Gasteiger partial charge in [0.15, 0.2) is 0 Å². The van der Waals surface area contributed by atoms with Crippen molar-refractivity contribution in [1.82, 2.24) is 34.7 Å². The first-order chi connectivity index (χ1) is 43.2.